The summed E-state index contributed by atoms with van der Waals surface area (Å²) >= 11 is 3.52. The van der Waals surface area contributed by atoms with E-state index in [1.165, 1.54) is 16.9 Å². The normalized spacial score (nSPS) is 12.0. The number of carboxylic acids is 1. The molecule has 3 rings (SSSR count). The quantitative estimate of drug-likeness (QED) is 0.605. The molecule has 0 aliphatic rings. The molecular weight excluding hydrogens is 426 g/mol. The molecule has 0 bridgehead atoms. The Morgan fingerprint density at radius 2 is 2.04 bits per heavy atom. The lowest BCUT2D eigenvalue weighted by Crippen LogP contribution is -2.26. The van der Waals surface area contributed by atoms with Crippen molar-refractivity contribution in [3.8, 4) is 0 Å². The van der Waals surface area contributed by atoms with Crippen LogP contribution in [0.5, 0.6) is 0 Å². The number of aryl methyl sites for hydroxylation is 1. The number of aromatic nitrogens is 4. The lowest BCUT2D eigenvalue weighted by Gasteiger charge is -2.15. The number of hydrogen-bond donors (Lipinski definition) is 2. The number of hydrogen-bond acceptors (Lipinski definition) is 4. The van der Waals surface area contributed by atoms with Crippen molar-refractivity contribution in [1.29, 1.82) is 0 Å². The highest BCUT2D eigenvalue weighted by Gasteiger charge is 2.21. The van der Waals surface area contributed by atoms with Gasteiger partial charge in [0.15, 0.2) is 0 Å². The summed E-state index contributed by atoms with van der Waals surface area (Å²) in [4.78, 5) is 23.8. The molecule has 146 valence electrons. The van der Waals surface area contributed by atoms with E-state index in [1.807, 2.05) is 36.7 Å². The van der Waals surface area contributed by atoms with Crippen molar-refractivity contribution in [2.75, 3.05) is 5.32 Å². The van der Waals surface area contributed by atoms with E-state index < -0.39 is 12.0 Å². The first kappa shape index (κ1) is 19.8. The van der Waals surface area contributed by atoms with Gasteiger partial charge in [0.1, 0.15) is 11.7 Å². The van der Waals surface area contributed by atoms with Crippen LogP contribution < -0.4 is 5.32 Å². The number of amides is 1. The van der Waals surface area contributed by atoms with Crippen molar-refractivity contribution in [2.24, 2.45) is 0 Å². The number of aromatic carboxylic acids is 1. The van der Waals surface area contributed by atoms with E-state index in [4.69, 9.17) is 0 Å². The lowest BCUT2D eigenvalue weighted by atomic mass is 10.2. The summed E-state index contributed by atoms with van der Waals surface area (Å²) in [6, 6.07) is 8.06. The third kappa shape index (κ3) is 3.99. The van der Waals surface area contributed by atoms with Crippen LogP contribution in [0.4, 0.5) is 5.69 Å². The Balaban J connectivity index is 1.75. The molecule has 0 aliphatic heterocycles. The molecule has 2 N–H and O–H groups in total. The van der Waals surface area contributed by atoms with Crippen LogP contribution in [0.3, 0.4) is 0 Å². The Bertz CT molecular complexity index is 1040. The molecule has 1 atom stereocenters. The fourth-order valence-electron chi connectivity index (χ4n) is 2.90. The lowest BCUT2D eigenvalue weighted by molar-refractivity contribution is -0.119. The number of carbonyl (C=O) groups excluding carboxylic acids is 1. The molecule has 1 amide bonds. The average Bonchev–Trinajstić information content (AvgIpc) is 3.23. The highest BCUT2D eigenvalue weighted by molar-refractivity contribution is 9.10. The summed E-state index contributed by atoms with van der Waals surface area (Å²) in [6.45, 7) is 6.10. The number of halogens is 1. The van der Waals surface area contributed by atoms with E-state index >= 15 is 0 Å². The predicted octanol–water partition coefficient (Wildman–Crippen LogP) is 3.41. The van der Waals surface area contributed by atoms with Gasteiger partial charge in [-0.3, -0.25) is 9.48 Å². The van der Waals surface area contributed by atoms with Gasteiger partial charge < -0.3 is 10.4 Å². The van der Waals surface area contributed by atoms with Gasteiger partial charge in [-0.05, 0) is 60.5 Å². The summed E-state index contributed by atoms with van der Waals surface area (Å²) in [7, 11) is 0. The van der Waals surface area contributed by atoms with Gasteiger partial charge in [0.05, 0.1) is 22.4 Å². The van der Waals surface area contributed by atoms with Crippen LogP contribution in [0.25, 0.3) is 0 Å². The average molecular weight is 446 g/mol. The summed E-state index contributed by atoms with van der Waals surface area (Å²) in [5, 5.41) is 20.5. The smallest absolute Gasteiger partial charge is 0.354 e. The van der Waals surface area contributed by atoms with Crippen molar-refractivity contribution in [3.05, 3.63) is 63.6 Å². The molecule has 0 saturated carbocycles. The van der Waals surface area contributed by atoms with Gasteiger partial charge in [0.2, 0.25) is 5.91 Å². The third-order valence-electron chi connectivity index (χ3n) is 4.46. The van der Waals surface area contributed by atoms with E-state index in [1.54, 1.807) is 13.0 Å². The number of carbonyl (C=O) groups is 2. The minimum atomic E-state index is -1.13. The second kappa shape index (κ2) is 7.97. The van der Waals surface area contributed by atoms with Crippen LogP contribution in [0.15, 0.2) is 41.0 Å². The van der Waals surface area contributed by atoms with Crippen molar-refractivity contribution >= 4 is 33.5 Å². The van der Waals surface area contributed by atoms with Gasteiger partial charge in [-0.1, -0.05) is 12.1 Å². The van der Waals surface area contributed by atoms with Crippen LogP contribution >= 0.6 is 15.9 Å². The molecule has 0 spiro atoms. The number of nitrogens with zero attached hydrogens (tertiary/aromatic N) is 4. The van der Waals surface area contributed by atoms with Crippen LogP contribution in [0, 0.1) is 13.8 Å². The Labute approximate surface area is 170 Å². The van der Waals surface area contributed by atoms with E-state index in [2.05, 4.69) is 31.4 Å². The first-order chi connectivity index (χ1) is 13.3. The molecule has 8 nitrogen and oxygen atoms in total. The molecule has 1 aromatic carbocycles. The molecule has 1 unspecified atom stereocenters. The maximum Gasteiger partial charge on any atom is 0.354 e. The van der Waals surface area contributed by atoms with E-state index in [0.717, 1.165) is 21.4 Å². The summed E-state index contributed by atoms with van der Waals surface area (Å²) in [6.07, 6.45) is 1.36. The maximum atomic E-state index is 12.6. The summed E-state index contributed by atoms with van der Waals surface area (Å²) in [5.41, 5.74) is 3.52. The zero-order valence-corrected chi connectivity index (χ0v) is 17.3. The number of carboxylic acid groups (broad SMARTS) is 1. The van der Waals surface area contributed by atoms with Gasteiger partial charge >= 0.3 is 5.97 Å². The minimum Gasteiger partial charge on any atom is -0.477 e. The molecule has 2 heterocycles. The molecule has 0 radical (unpaired) electrons. The molecule has 9 heteroatoms. The monoisotopic (exact) mass is 445 g/mol. The highest BCUT2D eigenvalue weighted by atomic mass is 79.9. The van der Waals surface area contributed by atoms with Gasteiger partial charge in [-0.15, -0.1) is 0 Å². The van der Waals surface area contributed by atoms with Gasteiger partial charge in [0, 0.05) is 11.9 Å². The zero-order valence-electron chi connectivity index (χ0n) is 15.7. The number of anilines is 1. The van der Waals surface area contributed by atoms with Crippen LogP contribution in [0.2, 0.25) is 0 Å². The Hall–Kier alpha value is -2.94. The predicted molar refractivity (Wildman–Crippen MR) is 107 cm³/mol. The summed E-state index contributed by atoms with van der Waals surface area (Å²) < 4.78 is 4.07. The Morgan fingerprint density at radius 3 is 2.68 bits per heavy atom. The molecule has 0 aliphatic carbocycles. The van der Waals surface area contributed by atoms with Crippen molar-refractivity contribution < 1.29 is 14.7 Å². The zero-order chi connectivity index (χ0) is 20.4. The Morgan fingerprint density at radius 1 is 1.29 bits per heavy atom. The van der Waals surface area contributed by atoms with Crippen LogP contribution in [-0.2, 0) is 11.3 Å². The fraction of sp³-hybridized carbons (Fsp3) is 0.263. The topological polar surface area (TPSA) is 102 Å². The Kier molecular flexibility index (Phi) is 5.64. The third-order valence-corrected chi connectivity index (χ3v) is 5.60. The van der Waals surface area contributed by atoms with Gasteiger partial charge in [0.25, 0.3) is 0 Å². The fourth-order valence-corrected chi connectivity index (χ4v) is 3.18. The first-order valence-corrected chi connectivity index (χ1v) is 9.43. The summed E-state index contributed by atoms with van der Waals surface area (Å²) in [5.74, 6) is -1.48. The van der Waals surface area contributed by atoms with Crippen LogP contribution in [0.1, 0.15) is 40.4 Å². The second-order valence-corrected chi connectivity index (χ2v) is 7.27. The largest absolute Gasteiger partial charge is 0.477 e. The van der Waals surface area contributed by atoms with E-state index in [0.29, 0.717) is 12.2 Å². The second-order valence-electron chi connectivity index (χ2n) is 6.47. The molecular formula is C19H20BrN5O3. The van der Waals surface area contributed by atoms with E-state index in [9.17, 15) is 14.7 Å². The van der Waals surface area contributed by atoms with Crippen molar-refractivity contribution in [1.82, 2.24) is 19.6 Å². The van der Waals surface area contributed by atoms with Gasteiger partial charge in [-0.25, -0.2) is 9.48 Å². The molecule has 3 aromatic rings. The standard InChI is InChI=1S/C19H20BrN5O3/c1-11-17(20)12(2)24(23-11)10-14-5-4-6-15(9-14)22-18(26)13(3)25-16(19(27)28)7-8-21-25/h4-9,13H,10H2,1-3H3,(H,22,26)(H,27,28). The number of nitrogens with one attached hydrogen (secondary N) is 1. The highest BCUT2D eigenvalue weighted by Crippen LogP contribution is 2.21. The molecule has 28 heavy (non-hydrogen) atoms. The van der Waals surface area contributed by atoms with Gasteiger partial charge in [-0.2, -0.15) is 10.2 Å². The minimum absolute atomic E-state index is 0.0356. The van der Waals surface area contributed by atoms with Crippen LogP contribution in [-0.4, -0.2) is 36.5 Å². The number of benzene rings is 1. The van der Waals surface area contributed by atoms with E-state index in [-0.39, 0.29) is 11.6 Å². The molecule has 0 fully saturated rings. The molecule has 2 aromatic heterocycles. The SMILES string of the molecule is Cc1nn(Cc2cccc(NC(=O)C(C)n3nccc3C(=O)O)c2)c(C)c1Br. The first-order valence-electron chi connectivity index (χ1n) is 8.64. The van der Waals surface area contributed by atoms with Crippen molar-refractivity contribution in [3.63, 3.8) is 0 Å². The van der Waals surface area contributed by atoms with Crippen molar-refractivity contribution in [2.45, 2.75) is 33.4 Å². The number of rotatable bonds is 6. The molecule has 0 saturated heterocycles. The maximum absolute atomic E-state index is 12.6.